The third kappa shape index (κ3) is 5.45. The summed E-state index contributed by atoms with van der Waals surface area (Å²) in [5, 5.41) is 16.6. The molecule has 4 aromatic carbocycles. The van der Waals surface area contributed by atoms with Crippen LogP contribution >= 0.6 is 7.26 Å². The molecule has 1 amide bonds. The first-order chi connectivity index (χ1) is 18.7. The van der Waals surface area contributed by atoms with Gasteiger partial charge in [-0.1, -0.05) is 84.9 Å². The Morgan fingerprint density at radius 3 is 1.58 bits per heavy atom. The first-order valence-electron chi connectivity index (χ1n) is 12.6. The summed E-state index contributed by atoms with van der Waals surface area (Å²) in [4.78, 5) is 20.2. The van der Waals surface area contributed by atoms with E-state index in [1.165, 1.54) is 0 Å². The molecule has 190 valence electrons. The van der Waals surface area contributed by atoms with E-state index in [0.717, 1.165) is 15.9 Å². The van der Waals surface area contributed by atoms with E-state index in [0.29, 0.717) is 31.9 Å². The van der Waals surface area contributed by atoms with Crippen molar-refractivity contribution >= 4 is 35.0 Å². The maximum absolute atomic E-state index is 14.0. The number of ether oxygens (including phenoxy) is 1. The van der Waals surface area contributed by atoms with Gasteiger partial charge in [0.25, 0.3) is 5.91 Å². The van der Waals surface area contributed by atoms with Crippen molar-refractivity contribution in [3.8, 4) is 0 Å². The Labute approximate surface area is 224 Å². The lowest BCUT2D eigenvalue weighted by Crippen LogP contribution is -2.42. The number of rotatable bonds is 7. The Morgan fingerprint density at radius 2 is 1.13 bits per heavy atom. The SMILES string of the molecule is O=C(/C(=C\[P+](c1ccccc1)(c1ccccc1)c1ccccc1)N=C([O-])c1ccccc1)N1CCOCC1. The predicted molar refractivity (Wildman–Crippen MR) is 154 cm³/mol. The van der Waals surface area contributed by atoms with Crippen LogP contribution in [0.3, 0.4) is 0 Å². The summed E-state index contributed by atoms with van der Waals surface area (Å²) in [6.07, 6.45) is 0. The van der Waals surface area contributed by atoms with Crippen molar-refractivity contribution in [2.45, 2.75) is 0 Å². The molecule has 0 aliphatic carbocycles. The van der Waals surface area contributed by atoms with Gasteiger partial charge in [0.05, 0.1) is 13.2 Å². The molecule has 5 nitrogen and oxygen atoms in total. The number of carbonyl (C=O) groups is 1. The van der Waals surface area contributed by atoms with Gasteiger partial charge in [-0.15, -0.1) is 0 Å². The maximum Gasteiger partial charge on any atom is 0.276 e. The van der Waals surface area contributed by atoms with Crippen LogP contribution in [0.25, 0.3) is 0 Å². The van der Waals surface area contributed by atoms with E-state index in [9.17, 15) is 9.90 Å². The second-order valence-electron chi connectivity index (χ2n) is 8.93. The number of amides is 1. The highest BCUT2D eigenvalue weighted by Crippen LogP contribution is 2.57. The van der Waals surface area contributed by atoms with Crippen LogP contribution < -0.4 is 21.0 Å². The molecule has 0 radical (unpaired) electrons. The molecule has 38 heavy (non-hydrogen) atoms. The molecule has 1 fully saturated rings. The fourth-order valence-corrected chi connectivity index (χ4v) is 8.46. The van der Waals surface area contributed by atoms with Crippen molar-refractivity contribution in [2.75, 3.05) is 26.3 Å². The summed E-state index contributed by atoms with van der Waals surface area (Å²) in [5.41, 5.74) is 0.599. The van der Waals surface area contributed by atoms with Crippen LogP contribution in [0, 0.1) is 0 Å². The first-order valence-corrected chi connectivity index (χ1v) is 14.5. The zero-order valence-corrected chi connectivity index (χ0v) is 21.9. The van der Waals surface area contributed by atoms with Crippen LogP contribution in [-0.4, -0.2) is 43.0 Å². The van der Waals surface area contributed by atoms with Gasteiger partial charge in [-0.2, -0.15) is 0 Å². The topological polar surface area (TPSA) is 65.0 Å². The minimum absolute atomic E-state index is 0.158. The largest absolute Gasteiger partial charge is 0.858 e. The molecule has 1 aliphatic heterocycles. The number of aliphatic imine (C=N–C) groups is 1. The van der Waals surface area contributed by atoms with E-state index < -0.39 is 13.2 Å². The van der Waals surface area contributed by atoms with Crippen molar-refractivity contribution < 1.29 is 14.6 Å². The van der Waals surface area contributed by atoms with E-state index in [4.69, 9.17) is 4.74 Å². The van der Waals surface area contributed by atoms with E-state index in [1.807, 2.05) is 66.5 Å². The highest BCUT2D eigenvalue weighted by atomic mass is 31.2. The van der Waals surface area contributed by atoms with Gasteiger partial charge in [0, 0.05) is 13.1 Å². The number of nitrogens with zero attached hydrogens (tertiary/aromatic N) is 2. The molecule has 5 rings (SSSR count). The van der Waals surface area contributed by atoms with Crippen molar-refractivity contribution in [2.24, 2.45) is 4.99 Å². The fraction of sp³-hybridized carbons (Fsp3) is 0.125. The van der Waals surface area contributed by atoms with Crippen LogP contribution in [0.4, 0.5) is 0 Å². The van der Waals surface area contributed by atoms with Crippen molar-refractivity contribution in [1.82, 2.24) is 4.90 Å². The van der Waals surface area contributed by atoms with Gasteiger partial charge in [0.1, 0.15) is 29.0 Å². The molecule has 0 bridgehead atoms. The van der Waals surface area contributed by atoms with Gasteiger partial charge < -0.3 is 14.7 Å². The number of benzene rings is 4. The summed E-state index contributed by atoms with van der Waals surface area (Å²) >= 11 is 0. The van der Waals surface area contributed by atoms with Gasteiger partial charge in [-0.05, 0) is 47.9 Å². The average Bonchev–Trinajstić information content (AvgIpc) is 3.01. The van der Waals surface area contributed by atoms with E-state index in [-0.39, 0.29) is 11.6 Å². The molecule has 0 saturated carbocycles. The monoisotopic (exact) mass is 520 g/mol. The number of hydrogen-bond donors (Lipinski definition) is 0. The van der Waals surface area contributed by atoms with Crippen LogP contribution in [0.2, 0.25) is 0 Å². The van der Waals surface area contributed by atoms with Crippen LogP contribution in [0.1, 0.15) is 5.56 Å². The van der Waals surface area contributed by atoms with Gasteiger partial charge >= 0.3 is 0 Å². The first kappa shape index (κ1) is 25.6. The zero-order valence-electron chi connectivity index (χ0n) is 21.0. The summed E-state index contributed by atoms with van der Waals surface area (Å²) in [6.45, 7) is 1.83. The quantitative estimate of drug-likeness (QED) is 0.162. The van der Waals surface area contributed by atoms with E-state index >= 15 is 0 Å². The second-order valence-corrected chi connectivity index (χ2v) is 12.2. The lowest BCUT2D eigenvalue weighted by atomic mass is 10.2. The second kappa shape index (κ2) is 12.0. The maximum atomic E-state index is 14.0. The smallest absolute Gasteiger partial charge is 0.276 e. The minimum atomic E-state index is -2.55. The summed E-state index contributed by atoms with van der Waals surface area (Å²) in [6, 6.07) is 39.5. The predicted octanol–water partition coefficient (Wildman–Crippen LogP) is 3.49. The Morgan fingerprint density at radius 1 is 0.711 bits per heavy atom. The summed E-state index contributed by atoms with van der Waals surface area (Å²) < 4.78 is 5.48. The number of hydrogen-bond acceptors (Lipinski definition) is 4. The Hall–Kier alpha value is -4.05. The average molecular weight is 521 g/mol. The zero-order chi connectivity index (χ0) is 26.2. The third-order valence-corrected chi connectivity index (χ3v) is 10.5. The van der Waals surface area contributed by atoms with E-state index in [1.54, 1.807) is 29.2 Å². The molecule has 1 heterocycles. The van der Waals surface area contributed by atoms with Crippen LogP contribution in [0.5, 0.6) is 0 Å². The minimum Gasteiger partial charge on any atom is -0.858 e. The van der Waals surface area contributed by atoms with Crippen molar-refractivity contribution in [3.63, 3.8) is 0 Å². The van der Waals surface area contributed by atoms with Crippen molar-refractivity contribution in [3.05, 3.63) is 138 Å². The molecule has 6 heteroatoms. The fourth-order valence-electron chi connectivity index (χ4n) is 4.66. The molecular formula is C32H29N2O3P. The summed E-state index contributed by atoms with van der Waals surface area (Å²) in [5.74, 6) is 1.28. The molecular weight excluding hydrogens is 491 g/mol. The molecule has 0 unspecified atom stereocenters. The molecule has 0 aromatic heterocycles. The molecule has 0 atom stereocenters. The Bertz CT molecular complexity index is 1310. The Balaban J connectivity index is 1.79. The van der Waals surface area contributed by atoms with Gasteiger partial charge in [-0.3, -0.25) is 9.79 Å². The van der Waals surface area contributed by atoms with Crippen LogP contribution in [-0.2, 0) is 9.53 Å². The molecule has 1 aliphatic rings. The van der Waals surface area contributed by atoms with Gasteiger partial charge in [0.2, 0.25) is 0 Å². The molecule has 0 N–H and O–H groups in total. The lowest BCUT2D eigenvalue weighted by molar-refractivity contribution is -0.212. The Kier molecular flexibility index (Phi) is 8.08. The van der Waals surface area contributed by atoms with Gasteiger partial charge in [0.15, 0.2) is 5.70 Å². The normalized spacial score (nSPS) is 14.8. The van der Waals surface area contributed by atoms with Crippen molar-refractivity contribution in [1.29, 1.82) is 0 Å². The lowest BCUT2D eigenvalue weighted by Gasteiger charge is -2.29. The number of morpholine rings is 1. The molecule has 1 saturated heterocycles. The third-order valence-electron chi connectivity index (χ3n) is 6.57. The molecule has 0 spiro atoms. The van der Waals surface area contributed by atoms with Crippen LogP contribution in [0.15, 0.2) is 138 Å². The number of carbonyl (C=O) groups excluding carboxylic acids is 1. The molecule has 4 aromatic rings. The van der Waals surface area contributed by atoms with E-state index in [2.05, 4.69) is 41.4 Å². The van der Waals surface area contributed by atoms with Gasteiger partial charge in [-0.25, -0.2) is 0 Å². The highest BCUT2D eigenvalue weighted by molar-refractivity contribution is 7.98. The summed E-state index contributed by atoms with van der Waals surface area (Å²) in [7, 11) is -2.55. The highest BCUT2D eigenvalue weighted by Gasteiger charge is 2.45. The standard InChI is InChI=1S/C32H29N2O3P/c35-31(26-13-5-1-6-14-26)33-30(32(36)34-21-23-37-24-22-34)25-38(27-15-7-2-8-16-27,28-17-9-3-10-18-28)29-19-11-4-12-20-29/h1-20,25H,21-24H2/b30-25+.